The van der Waals surface area contributed by atoms with E-state index in [9.17, 15) is 0 Å². The Hall–Kier alpha value is -0.610. The standard InChI is InChI=1S/C11H20N2O2/c1-11(2)7-13(5-9(6-14)15-11)10(12)8-3-4-8/h8-9,12,14H,3-7H2,1-2H3. The summed E-state index contributed by atoms with van der Waals surface area (Å²) in [6.45, 7) is 5.50. The number of hydrogen-bond donors (Lipinski definition) is 2. The fraction of sp³-hybridized carbons (Fsp3) is 0.909. The number of morpholine rings is 1. The molecule has 1 aliphatic heterocycles. The molecule has 2 fully saturated rings. The van der Waals surface area contributed by atoms with Gasteiger partial charge in [-0.2, -0.15) is 0 Å². The normalized spacial score (nSPS) is 30.3. The zero-order chi connectivity index (χ0) is 11.1. The van der Waals surface area contributed by atoms with Gasteiger partial charge in [0.25, 0.3) is 0 Å². The van der Waals surface area contributed by atoms with Crippen LogP contribution in [0.5, 0.6) is 0 Å². The molecular formula is C11H20N2O2. The summed E-state index contributed by atoms with van der Waals surface area (Å²) in [5, 5.41) is 17.2. The number of nitrogens with one attached hydrogen (secondary N) is 1. The summed E-state index contributed by atoms with van der Waals surface area (Å²) in [5.74, 6) is 1.21. The van der Waals surface area contributed by atoms with E-state index in [0.717, 1.165) is 25.2 Å². The first-order valence-electron chi connectivity index (χ1n) is 5.64. The minimum absolute atomic E-state index is 0.0396. The predicted octanol–water partition coefficient (Wildman–Crippen LogP) is 0.845. The molecule has 0 radical (unpaired) electrons. The molecular weight excluding hydrogens is 192 g/mol. The van der Waals surface area contributed by atoms with Crippen LogP contribution in [0.3, 0.4) is 0 Å². The van der Waals surface area contributed by atoms with Crippen LogP contribution < -0.4 is 0 Å². The summed E-state index contributed by atoms with van der Waals surface area (Å²) in [6.07, 6.45) is 2.16. The third-order valence-corrected chi connectivity index (χ3v) is 2.99. The van der Waals surface area contributed by atoms with Crippen molar-refractivity contribution in [1.29, 1.82) is 5.41 Å². The Labute approximate surface area is 90.7 Å². The lowest BCUT2D eigenvalue weighted by Gasteiger charge is -2.43. The highest BCUT2D eigenvalue weighted by Gasteiger charge is 2.38. The molecule has 86 valence electrons. The van der Waals surface area contributed by atoms with E-state index in [1.807, 2.05) is 13.8 Å². The minimum atomic E-state index is -0.257. The fourth-order valence-corrected chi connectivity index (χ4v) is 2.19. The summed E-state index contributed by atoms with van der Waals surface area (Å²) in [5.41, 5.74) is -0.257. The number of nitrogens with zero attached hydrogens (tertiary/aromatic N) is 1. The van der Waals surface area contributed by atoms with Crippen LogP contribution in [0.25, 0.3) is 0 Å². The van der Waals surface area contributed by atoms with Gasteiger partial charge in [-0.15, -0.1) is 0 Å². The molecule has 1 heterocycles. The zero-order valence-electron chi connectivity index (χ0n) is 9.49. The fourth-order valence-electron chi connectivity index (χ4n) is 2.19. The molecule has 0 aromatic heterocycles. The van der Waals surface area contributed by atoms with Gasteiger partial charge in [-0.1, -0.05) is 0 Å². The first-order chi connectivity index (χ1) is 7.02. The van der Waals surface area contributed by atoms with Crippen molar-refractivity contribution in [2.24, 2.45) is 5.92 Å². The Morgan fingerprint density at radius 2 is 2.20 bits per heavy atom. The molecule has 4 heteroatoms. The molecule has 0 bridgehead atoms. The molecule has 1 saturated carbocycles. The summed E-state index contributed by atoms with van der Waals surface area (Å²) in [7, 11) is 0. The smallest absolute Gasteiger partial charge is 0.0991 e. The molecule has 2 rings (SSSR count). The van der Waals surface area contributed by atoms with Crippen LogP contribution >= 0.6 is 0 Å². The Balaban J connectivity index is 2.01. The summed E-state index contributed by atoms with van der Waals surface area (Å²) in [4.78, 5) is 2.07. The maximum absolute atomic E-state index is 9.15. The lowest BCUT2D eigenvalue weighted by atomic mass is 10.0. The van der Waals surface area contributed by atoms with Gasteiger partial charge in [0.05, 0.1) is 24.1 Å². The van der Waals surface area contributed by atoms with Gasteiger partial charge < -0.3 is 14.7 Å². The van der Waals surface area contributed by atoms with Gasteiger partial charge in [-0.05, 0) is 26.7 Å². The molecule has 1 atom stereocenters. The number of aliphatic hydroxyl groups excluding tert-OH is 1. The van der Waals surface area contributed by atoms with E-state index in [0.29, 0.717) is 12.5 Å². The lowest BCUT2D eigenvalue weighted by molar-refractivity contribution is -0.135. The Morgan fingerprint density at radius 3 is 2.73 bits per heavy atom. The van der Waals surface area contributed by atoms with Gasteiger partial charge in [-0.3, -0.25) is 5.41 Å². The van der Waals surface area contributed by atoms with Crippen LogP contribution in [0.1, 0.15) is 26.7 Å². The van der Waals surface area contributed by atoms with E-state index < -0.39 is 0 Å². The third kappa shape index (κ3) is 2.49. The van der Waals surface area contributed by atoms with Crippen LogP contribution in [0, 0.1) is 11.3 Å². The van der Waals surface area contributed by atoms with E-state index >= 15 is 0 Å². The largest absolute Gasteiger partial charge is 0.394 e. The van der Waals surface area contributed by atoms with Crippen molar-refractivity contribution in [2.75, 3.05) is 19.7 Å². The van der Waals surface area contributed by atoms with E-state index in [4.69, 9.17) is 15.3 Å². The third-order valence-electron chi connectivity index (χ3n) is 2.99. The average Bonchev–Trinajstić information content (AvgIpc) is 2.97. The number of hydrogen-bond acceptors (Lipinski definition) is 3. The molecule has 2 aliphatic rings. The summed E-state index contributed by atoms with van der Waals surface area (Å²) >= 11 is 0. The van der Waals surface area contributed by atoms with E-state index in [2.05, 4.69) is 4.90 Å². The maximum Gasteiger partial charge on any atom is 0.0991 e. The quantitative estimate of drug-likeness (QED) is 0.527. The second kappa shape index (κ2) is 3.76. The maximum atomic E-state index is 9.15. The molecule has 0 aromatic carbocycles. The van der Waals surface area contributed by atoms with Crippen LogP contribution in [-0.2, 0) is 4.74 Å². The molecule has 1 unspecified atom stereocenters. The molecule has 2 N–H and O–H groups in total. The van der Waals surface area contributed by atoms with Crippen molar-refractivity contribution >= 4 is 5.84 Å². The minimum Gasteiger partial charge on any atom is -0.394 e. The highest BCUT2D eigenvalue weighted by atomic mass is 16.5. The van der Waals surface area contributed by atoms with Gasteiger partial charge in [0.2, 0.25) is 0 Å². The van der Waals surface area contributed by atoms with Gasteiger partial charge in [0.1, 0.15) is 0 Å². The molecule has 15 heavy (non-hydrogen) atoms. The number of amidine groups is 1. The highest BCUT2D eigenvalue weighted by Crippen LogP contribution is 2.33. The van der Waals surface area contributed by atoms with E-state index in [1.165, 1.54) is 0 Å². The van der Waals surface area contributed by atoms with Crippen molar-refractivity contribution < 1.29 is 9.84 Å². The first kappa shape index (κ1) is 10.9. The van der Waals surface area contributed by atoms with Gasteiger partial charge >= 0.3 is 0 Å². The topological polar surface area (TPSA) is 56.6 Å². The van der Waals surface area contributed by atoms with Crippen LogP contribution in [0.4, 0.5) is 0 Å². The summed E-state index contributed by atoms with van der Waals surface area (Å²) < 4.78 is 5.72. The van der Waals surface area contributed by atoms with Crippen LogP contribution in [0.15, 0.2) is 0 Å². The molecule has 4 nitrogen and oxygen atoms in total. The van der Waals surface area contributed by atoms with Crippen molar-refractivity contribution in [3.63, 3.8) is 0 Å². The Kier molecular flexibility index (Phi) is 2.73. The number of aliphatic hydroxyl groups is 1. The SMILES string of the molecule is CC1(C)CN(C(=N)C2CC2)CC(CO)O1. The molecule has 1 aliphatic carbocycles. The molecule has 0 aromatic rings. The van der Waals surface area contributed by atoms with Crippen molar-refractivity contribution in [3.8, 4) is 0 Å². The predicted molar refractivity (Wildman–Crippen MR) is 58.1 cm³/mol. The van der Waals surface area contributed by atoms with Crippen molar-refractivity contribution in [1.82, 2.24) is 4.90 Å². The first-order valence-corrected chi connectivity index (χ1v) is 5.64. The zero-order valence-corrected chi connectivity index (χ0v) is 9.49. The van der Waals surface area contributed by atoms with Gasteiger partial charge in [0, 0.05) is 19.0 Å². The second-order valence-electron chi connectivity index (χ2n) is 5.22. The monoisotopic (exact) mass is 212 g/mol. The lowest BCUT2D eigenvalue weighted by Crippen LogP contribution is -2.55. The number of rotatable bonds is 2. The number of ether oxygens (including phenoxy) is 1. The highest BCUT2D eigenvalue weighted by molar-refractivity contribution is 5.84. The second-order valence-corrected chi connectivity index (χ2v) is 5.22. The van der Waals surface area contributed by atoms with Gasteiger partial charge in [-0.25, -0.2) is 0 Å². The Bertz CT molecular complexity index is 261. The molecule has 0 spiro atoms. The van der Waals surface area contributed by atoms with Crippen molar-refractivity contribution in [2.45, 2.75) is 38.4 Å². The van der Waals surface area contributed by atoms with Crippen LogP contribution in [0.2, 0.25) is 0 Å². The van der Waals surface area contributed by atoms with Crippen LogP contribution in [-0.4, -0.2) is 47.2 Å². The molecule has 1 saturated heterocycles. The van der Waals surface area contributed by atoms with Gasteiger partial charge in [0.15, 0.2) is 0 Å². The summed E-state index contributed by atoms with van der Waals surface area (Å²) in [6, 6.07) is 0. The Morgan fingerprint density at radius 1 is 1.53 bits per heavy atom. The van der Waals surface area contributed by atoms with E-state index in [-0.39, 0.29) is 18.3 Å². The molecule has 0 amide bonds. The van der Waals surface area contributed by atoms with Crippen molar-refractivity contribution in [3.05, 3.63) is 0 Å². The average molecular weight is 212 g/mol. The van der Waals surface area contributed by atoms with E-state index in [1.54, 1.807) is 0 Å².